The molecule has 2 amide bonds. The second-order valence-electron chi connectivity index (χ2n) is 5.39. The molecule has 1 aliphatic rings. The van der Waals surface area contributed by atoms with E-state index in [1.54, 1.807) is 42.0 Å². The third kappa shape index (κ3) is 3.33. The van der Waals surface area contributed by atoms with Crippen LogP contribution in [-0.4, -0.2) is 53.4 Å². The average molecular weight is 292 g/mol. The van der Waals surface area contributed by atoms with Crippen molar-refractivity contribution in [2.45, 2.75) is 25.9 Å². The van der Waals surface area contributed by atoms with Crippen molar-refractivity contribution in [3.63, 3.8) is 0 Å². The van der Waals surface area contributed by atoms with Gasteiger partial charge in [0.15, 0.2) is 0 Å². The molecule has 0 fully saturated rings. The molecule has 1 atom stereocenters. The lowest BCUT2D eigenvalue weighted by Crippen LogP contribution is -2.41. The standard InChI is InChI=1S/C15H20N2O4/c1-10(18)5-7-16(2)15(21)17-8-6-11-3-4-12(14(19)20)9-13(11)17/h3-4,9-10,18H,5-8H2,1-2H3,(H,19,20). The number of aromatic carboxylic acids is 1. The molecule has 0 bridgehead atoms. The first kappa shape index (κ1) is 15.3. The van der Waals surface area contributed by atoms with E-state index in [-0.39, 0.29) is 11.6 Å². The van der Waals surface area contributed by atoms with Crippen LogP contribution in [0.3, 0.4) is 0 Å². The van der Waals surface area contributed by atoms with Gasteiger partial charge in [0.2, 0.25) is 0 Å². The molecule has 1 unspecified atom stereocenters. The molecule has 0 saturated heterocycles. The van der Waals surface area contributed by atoms with Gasteiger partial charge in [-0.05, 0) is 37.5 Å². The van der Waals surface area contributed by atoms with Crippen LogP contribution in [0, 0.1) is 0 Å². The Morgan fingerprint density at radius 1 is 1.43 bits per heavy atom. The normalized spacial score (nSPS) is 14.7. The van der Waals surface area contributed by atoms with Gasteiger partial charge in [-0.25, -0.2) is 9.59 Å². The van der Waals surface area contributed by atoms with Crippen molar-refractivity contribution in [3.8, 4) is 0 Å². The third-order valence-electron chi connectivity index (χ3n) is 3.67. The Bertz CT molecular complexity index is 557. The summed E-state index contributed by atoms with van der Waals surface area (Å²) >= 11 is 0. The van der Waals surface area contributed by atoms with Crippen molar-refractivity contribution >= 4 is 17.7 Å². The van der Waals surface area contributed by atoms with Crippen LogP contribution in [0.5, 0.6) is 0 Å². The van der Waals surface area contributed by atoms with Crippen LogP contribution >= 0.6 is 0 Å². The number of carboxylic acids is 1. The summed E-state index contributed by atoms with van der Waals surface area (Å²) in [6.45, 7) is 2.69. The van der Waals surface area contributed by atoms with Crippen molar-refractivity contribution in [2.75, 3.05) is 25.0 Å². The summed E-state index contributed by atoms with van der Waals surface area (Å²) in [5, 5.41) is 18.3. The van der Waals surface area contributed by atoms with Crippen LogP contribution in [-0.2, 0) is 6.42 Å². The van der Waals surface area contributed by atoms with Gasteiger partial charge in [-0.2, -0.15) is 0 Å². The average Bonchev–Trinajstić information content (AvgIpc) is 2.86. The number of benzene rings is 1. The number of hydrogen-bond acceptors (Lipinski definition) is 3. The molecule has 1 heterocycles. The smallest absolute Gasteiger partial charge is 0.335 e. The zero-order valence-corrected chi connectivity index (χ0v) is 12.2. The van der Waals surface area contributed by atoms with Crippen molar-refractivity contribution in [3.05, 3.63) is 29.3 Å². The summed E-state index contributed by atoms with van der Waals surface area (Å²) < 4.78 is 0. The van der Waals surface area contributed by atoms with Crippen molar-refractivity contribution in [1.82, 2.24) is 4.90 Å². The number of urea groups is 1. The number of aliphatic hydroxyl groups excluding tert-OH is 1. The predicted octanol–water partition coefficient (Wildman–Crippen LogP) is 1.57. The fourth-order valence-electron chi connectivity index (χ4n) is 2.39. The number of carbonyl (C=O) groups excluding carboxylic acids is 1. The number of nitrogens with zero attached hydrogens (tertiary/aromatic N) is 2. The highest BCUT2D eigenvalue weighted by atomic mass is 16.4. The molecule has 2 N–H and O–H groups in total. The van der Waals surface area contributed by atoms with Gasteiger partial charge in [-0.1, -0.05) is 6.07 Å². The number of anilines is 1. The minimum Gasteiger partial charge on any atom is -0.478 e. The SMILES string of the molecule is CC(O)CCN(C)C(=O)N1CCc2ccc(C(=O)O)cc21. The molecule has 2 rings (SSSR count). The second-order valence-corrected chi connectivity index (χ2v) is 5.39. The van der Waals surface area contributed by atoms with Crippen molar-refractivity contribution < 1.29 is 19.8 Å². The molecule has 1 aliphatic heterocycles. The van der Waals surface area contributed by atoms with E-state index >= 15 is 0 Å². The molecule has 114 valence electrons. The van der Waals surface area contributed by atoms with Crippen molar-refractivity contribution in [1.29, 1.82) is 0 Å². The van der Waals surface area contributed by atoms with Gasteiger partial charge >= 0.3 is 12.0 Å². The summed E-state index contributed by atoms with van der Waals surface area (Å²) in [5.74, 6) is -1.00. The number of carboxylic acid groups (broad SMARTS) is 1. The fraction of sp³-hybridized carbons (Fsp3) is 0.467. The molecule has 1 aromatic rings. The zero-order chi connectivity index (χ0) is 15.6. The number of rotatable bonds is 4. The highest BCUT2D eigenvalue weighted by Crippen LogP contribution is 2.29. The molecular weight excluding hydrogens is 272 g/mol. The largest absolute Gasteiger partial charge is 0.478 e. The number of hydrogen-bond donors (Lipinski definition) is 2. The van der Waals surface area contributed by atoms with Gasteiger partial charge in [0, 0.05) is 25.8 Å². The first-order valence-electron chi connectivity index (χ1n) is 6.97. The molecule has 0 saturated carbocycles. The quantitative estimate of drug-likeness (QED) is 0.882. The minimum absolute atomic E-state index is 0.170. The van der Waals surface area contributed by atoms with E-state index in [1.165, 1.54) is 0 Å². The Labute approximate surface area is 123 Å². The number of carbonyl (C=O) groups is 2. The van der Waals surface area contributed by atoms with Crippen molar-refractivity contribution in [2.24, 2.45) is 0 Å². The van der Waals surface area contributed by atoms with E-state index in [0.717, 1.165) is 12.0 Å². The second kappa shape index (κ2) is 6.13. The lowest BCUT2D eigenvalue weighted by molar-refractivity contribution is 0.0697. The lowest BCUT2D eigenvalue weighted by atomic mass is 10.1. The van der Waals surface area contributed by atoms with Crippen LogP contribution in [0.25, 0.3) is 0 Å². The lowest BCUT2D eigenvalue weighted by Gasteiger charge is -2.25. The summed E-state index contributed by atoms with van der Waals surface area (Å²) in [5.41, 5.74) is 1.83. The Morgan fingerprint density at radius 2 is 2.14 bits per heavy atom. The summed E-state index contributed by atoms with van der Waals surface area (Å²) in [7, 11) is 1.68. The van der Waals surface area contributed by atoms with E-state index in [2.05, 4.69) is 0 Å². The van der Waals surface area contributed by atoms with Gasteiger partial charge in [-0.15, -0.1) is 0 Å². The van der Waals surface area contributed by atoms with E-state index in [4.69, 9.17) is 5.11 Å². The maximum atomic E-state index is 12.4. The summed E-state index contributed by atoms with van der Waals surface area (Å²) in [6.07, 6.45) is 0.785. The molecule has 21 heavy (non-hydrogen) atoms. The predicted molar refractivity (Wildman–Crippen MR) is 78.8 cm³/mol. The Hall–Kier alpha value is -2.08. The van der Waals surface area contributed by atoms with Gasteiger partial charge in [0.25, 0.3) is 0 Å². The van der Waals surface area contributed by atoms with Crippen LogP contribution in [0.2, 0.25) is 0 Å². The highest BCUT2D eigenvalue weighted by Gasteiger charge is 2.27. The third-order valence-corrected chi connectivity index (χ3v) is 3.67. The molecule has 6 nitrogen and oxygen atoms in total. The maximum Gasteiger partial charge on any atom is 0.335 e. The summed E-state index contributed by atoms with van der Waals surface area (Å²) in [6, 6.07) is 4.70. The van der Waals surface area contributed by atoms with Crippen LogP contribution in [0.4, 0.5) is 10.5 Å². The zero-order valence-electron chi connectivity index (χ0n) is 12.2. The number of amides is 2. The molecule has 0 aliphatic carbocycles. The van der Waals surface area contributed by atoms with E-state index in [1.807, 2.05) is 0 Å². The van der Waals surface area contributed by atoms with Gasteiger partial charge in [-0.3, -0.25) is 4.90 Å². The monoisotopic (exact) mass is 292 g/mol. The number of fused-ring (bicyclic) bond motifs is 1. The molecule has 0 radical (unpaired) electrons. The molecular formula is C15H20N2O4. The molecule has 0 spiro atoms. The topological polar surface area (TPSA) is 81.1 Å². The molecule has 6 heteroatoms. The van der Waals surface area contributed by atoms with Gasteiger partial charge < -0.3 is 15.1 Å². The highest BCUT2D eigenvalue weighted by molar-refractivity contribution is 5.96. The molecule has 0 aromatic heterocycles. The van der Waals surface area contributed by atoms with E-state index < -0.39 is 12.1 Å². The fourth-order valence-corrected chi connectivity index (χ4v) is 2.39. The van der Waals surface area contributed by atoms with Gasteiger partial charge in [0.1, 0.15) is 0 Å². The van der Waals surface area contributed by atoms with Crippen LogP contribution in [0.15, 0.2) is 18.2 Å². The maximum absolute atomic E-state index is 12.4. The first-order chi connectivity index (χ1) is 9.90. The van der Waals surface area contributed by atoms with E-state index in [0.29, 0.717) is 25.2 Å². The Balaban J connectivity index is 2.15. The molecule has 1 aromatic carbocycles. The van der Waals surface area contributed by atoms with Crippen LogP contribution in [0.1, 0.15) is 29.3 Å². The summed E-state index contributed by atoms with van der Waals surface area (Å²) in [4.78, 5) is 26.6. The van der Waals surface area contributed by atoms with E-state index in [9.17, 15) is 14.7 Å². The Morgan fingerprint density at radius 3 is 2.76 bits per heavy atom. The number of aliphatic hydroxyl groups is 1. The van der Waals surface area contributed by atoms with Crippen LogP contribution < -0.4 is 4.90 Å². The minimum atomic E-state index is -1.00. The van der Waals surface area contributed by atoms with Gasteiger partial charge in [0.05, 0.1) is 11.7 Å². The first-order valence-corrected chi connectivity index (χ1v) is 6.97. The Kier molecular flexibility index (Phi) is 4.47.